The van der Waals surface area contributed by atoms with E-state index in [2.05, 4.69) is 157 Å². The van der Waals surface area contributed by atoms with E-state index in [4.69, 9.17) is 0 Å². The number of fused-ring (bicyclic) bond motifs is 8. The monoisotopic (exact) mass is 873 g/mol. The highest BCUT2D eigenvalue weighted by Gasteiger charge is 2.36. The molecule has 1 aliphatic carbocycles. The summed E-state index contributed by atoms with van der Waals surface area (Å²) in [5, 5.41) is 6.23. The van der Waals surface area contributed by atoms with Crippen molar-refractivity contribution in [2.45, 2.75) is 19.3 Å². The molecule has 1 heterocycles. The normalized spacial score (nSPS) is 13.5. The van der Waals surface area contributed by atoms with E-state index in [0.29, 0.717) is 5.56 Å². The number of para-hydroxylation sites is 3. The number of benzene rings is 11. The van der Waals surface area contributed by atoms with Gasteiger partial charge in [0.05, 0.1) is 22.2 Å². The highest BCUT2D eigenvalue weighted by atomic mass is 15.1. The van der Waals surface area contributed by atoms with Crippen LogP contribution in [0.15, 0.2) is 249 Å². The minimum atomic E-state index is -0.198. The SMILES string of the molecule is [2H]c1c([2H])c(N(c2ccccc2)c2cccc3ccccc23)c([2H])c([2H])c1-c1ccc2cc(N(c3ccc4c(c3)C(C)(C)c3ccccc3-4)c3ccc4c5ccccc5n(-c5ccccc5)c4c3)ccc2c1. The molecule has 322 valence electrons. The molecule has 0 unspecified atom stereocenters. The van der Waals surface area contributed by atoms with Crippen LogP contribution in [-0.2, 0) is 5.41 Å². The van der Waals surface area contributed by atoms with Gasteiger partial charge in [0, 0.05) is 55.7 Å². The van der Waals surface area contributed by atoms with Gasteiger partial charge in [0.1, 0.15) is 0 Å². The second-order valence-electron chi connectivity index (χ2n) is 18.3. The minimum absolute atomic E-state index is 0.0979. The first-order valence-electron chi connectivity index (χ1n) is 25.3. The highest BCUT2D eigenvalue weighted by molar-refractivity contribution is 6.10. The van der Waals surface area contributed by atoms with Gasteiger partial charge >= 0.3 is 0 Å². The van der Waals surface area contributed by atoms with E-state index in [-0.39, 0.29) is 40.8 Å². The van der Waals surface area contributed by atoms with E-state index >= 15 is 0 Å². The maximum Gasteiger partial charge on any atom is 0.0645 e. The van der Waals surface area contributed by atoms with Crippen molar-refractivity contribution in [3.05, 3.63) is 260 Å². The van der Waals surface area contributed by atoms with Gasteiger partial charge in [-0.25, -0.2) is 0 Å². The van der Waals surface area contributed by atoms with Crippen LogP contribution < -0.4 is 9.80 Å². The van der Waals surface area contributed by atoms with E-state index in [1.165, 1.54) is 33.0 Å². The Morgan fingerprint density at radius 2 is 0.985 bits per heavy atom. The fraction of sp³-hybridized carbons (Fsp3) is 0.0462. The van der Waals surface area contributed by atoms with Crippen LogP contribution in [0.1, 0.15) is 30.5 Å². The Labute approximate surface area is 402 Å². The Balaban J connectivity index is 0.954. The summed E-state index contributed by atoms with van der Waals surface area (Å²) in [6, 6.07) is 77.3. The zero-order chi connectivity index (χ0) is 48.8. The van der Waals surface area contributed by atoms with Crippen LogP contribution in [0, 0.1) is 0 Å². The van der Waals surface area contributed by atoms with Crippen molar-refractivity contribution >= 4 is 77.5 Å². The smallest absolute Gasteiger partial charge is 0.0645 e. The van der Waals surface area contributed by atoms with E-state index < -0.39 is 0 Å². The van der Waals surface area contributed by atoms with Crippen molar-refractivity contribution in [3.8, 4) is 27.9 Å². The lowest BCUT2D eigenvalue weighted by Crippen LogP contribution is -2.16. The second kappa shape index (κ2) is 15.8. The standard InChI is InChI=1S/C65H47N3/c1-65(2)60-25-13-11-23-56(60)57-38-36-53(42-61(57)65)66(54-37-39-59-58-24-12-14-26-63(58)68(64(59)43-54)50-20-7-4-8-21-50)52-35-32-47-40-46(28-29-48(47)41-52)44-30-33-51(34-31-44)67(49-18-5-3-6-19-49)62-27-15-17-45-16-9-10-22-55(45)62/h3-43H,1-2H3/i30D,31D,33D,34D. The summed E-state index contributed by atoms with van der Waals surface area (Å²) in [5.41, 5.74) is 13.9. The number of aromatic nitrogens is 1. The molecule has 0 N–H and O–H groups in total. The number of hydrogen-bond donors (Lipinski definition) is 0. The quantitative estimate of drug-likeness (QED) is 0.151. The third kappa shape index (κ3) is 6.42. The maximum absolute atomic E-state index is 9.57. The lowest BCUT2D eigenvalue weighted by Gasteiger charge is -2.28. The average molecular weight is 874 g/mol. The summed E-state index contributed by atoms with van der Waals surface area (Å²) in [5.74, 6) is 0. The number of nitrogens with zero attached hydrogens (tertiary/aromatic N) is 3. The fourth-order valence-electron chi connectivity index (χ4n) is 10.7. The first-order valence-corrected chi connectivity index (χ1v) is 23.3. The van der Waals surface area contributed by atoms with Gasteiger partial charge < -0.3 is 14.4 Å². The molecule has 13 rings (SSSR count). The molecule has 68 heavy (non-hydrogen) atoms. The van der Waals surface area contributed by atoms with Crippen LogP contribution in [0.2, 0.25) is 0 Å². The molecule has 0 atom stereocenters. The van der Waals surface area contributed by atoms with Crippen LogP contribution in [0.25, 0.3) is 71.3 Å². The Morgan fingerprint density at radius 3 is 1.84 bits per heavy atom. The zero-order valence-electron chi connectivity index (χ0n) is 41.7. The van der Waals surface area contributed by atoms with Gasteiger partial charge in [-0.1, -0.05) is 172 Å². The van der Waals surface area contributed by atoms with Crippen molar-refractivity contribution in [1.82, 2.24) is 4.57 Å². The van der Waals surface area contributed by atoms with Crippen molar-refractivity contribution in [1.29, 1.82) is 0 Å². The van der Waals surface area contributed by atoms with E-state index in [0.717, 1.165) is 66.7 Å². The summed E-state index contributed by atoms with van der Waals surface area (Å²) >= 11 is 0. The van der Waals surface area contributed by atoms with Crippen LogP contribution in [-0.4, -0.2) is 4.57 Å². The Kier molecular flexibility index (Phi) is 8.24. The summed E-state index contributed by atoms with van der Waals surface area (Å²) in [4.78, 5) is 4.22. The Morgan fingerprint density at radius 1 is 0.368 bits per heavy atom. The first-order chi connectivity index (χ1) is 35.2. The third-order valence-corrected chi connectivity index (χ3v) is 14.0. The summed E-state index contributed by atoms with van der Waals surface area (Å²) in [7, 11) is 0. The lowest BCUT2D eigenvalue weighted by atomic mass is 9.82. The summed E-state index contributed by atoms with van der Waals surface area (Å²) in [6.07, 6.45) is 0. The number of rotatable bonds is 8. The number of hydrogen-bond acceptors (Lipinski definition) is 2. The third-order valence-electron chi connectivity index (χ3n) is 14.0. The molecule has 0 amide bonds. The summed E-state index contributed by atoms with van der Waals surface area (Å²) < 4.78 is 40.6. The van der Waals surface area contributed by atoms with E-state index in [1.54, 1.807) is 0 Å². The maximum atomic E-state index is 9.57. The predicted molar refractivity (Wildman–Crippen MR) is 288 cm³/mol. The molecule has 1 aromatic heterocycles. The van der Waals surface area contributed by atoms with Crippen LogP contribution in [0.3, 0.4) is 0 Å². The fourth-order valence-corrected chi connectivity index (χ4v) is 10.7. The van der Waals surface area contributed by atoms with Gasteiger partial charge in [-0.2, -0.15) is 0 Å². The van der Waals surface area contributed by atoms with Crippen molar-refractivity contribution in [3.63, 3.8) is 0 Å². The molecule has 3 nitrogen and oxygen atoms in total. The molecule has 0 fully saturated rings. The average Bonchev–Trinajstić information content (AvgIpc) is 3.87. The van der Waals surface area contributed by atoms with E-state index in [9.17, 15) is 5.48 Å². The second-order valence-corrected chi connectivity index (χ2v) is 18.3. The molecule has 0 aliphatic heterocycles. The molecule has 1 aliphatic rings. The molecule has 0 saturated heterocycles. The molecule has 12 aromatic rings. The lowest BCUT2D eigenvalue weighted by molar-refractivity contribution is 0.660. The van der Waals surface area contributed by atoms with Gasteiger partial charge in [0.25, 0.3) is 0 Å². The Hall–Kier alpha value is -8.66. The molecule has 0 spiro atoms. The molecular weight excluding hydrogens is 823 g/mol. The first kappa shape index (κ1) is 35.6. The summed E-state index contributed by atoms with van der Waals surface area (Å²) in [6.45, 7) is 4.64. The number of anilines is 6. The predicted octanol–water partition coefficient (Wildman–Crippen LogP) is 18.0. The van der Waals surface area contributed by atoms with Crippen LogP contribution in [0.4, 0.5) is 34.1 Å². The molecule has 0 bridgehead atoms. The molecular formula is C65H47N3. The largest absolute Gasteiger partial charge is 0.310 e. The zero-order valence-corrected chi connectivity index (χ0v) is 37.7. The molecule has 3 heteroatoms. The van der Waals surface area contributed by atoms with E-state index in [1.807, 2.05) is 95.9 Å². The topological polar surface area (TPSA) is 11.4 Å². The molecule has 0 saturated carbocycles. The highest BCUT2D eigenvalue weighted by Crippen LogP contribution is 2.51. The molecule has 0 radical (unpaired) electrons. The van der Waals surface area contributed by atoms with Gasteiger partial charge in [-0.15, -0.1) is 0 Å². The van der Waals surface area contributed by atoms with Crippen molar-refractivity contribution in [2.75, 3.05) is 9.80 Å². The van der Waals surface area contributed by atoms with Gasteiger partial charge in [-0.3, -0.25) is 0 Å². The van der Waals surface area contributed by atoms with Crippen LogP contribution >= 0.6 is 0 Å². The minimum Gasteiger partial charge on any atom is -0.310 e. The van der Waals surface area contributed by atoms with Gasteiger partial charge in [-0.05, 0) is 140 Å². The Bertz CT molecular complexity index is 4110. The van der Waals surface area contributed by atoms with Crippen molar-refractivity contribution in [2.24, 2.45) is 0 Å². The van der Waals surface area contributed by atoms with Gasteiger partial charge in [0.15, 0.2) is 0 Å². The van der Waals surface area contributed by atoms with Crippen molar-refractivity contribution < 1.29 is 5.48 Å². The molecule has 11 aromatic carbocycles. The van der Waals surface area contributed by atoms with Crippen LogP contribution in [0.5, 0.6) is 0 Å². The van der Waals surface area contributed by atoms with Gasteiger partial charge in [0.2, 0.25) is 0 Å².